The molecule has 22 heavy (non-hydrogen) atoms. The highest BCUT2D eigenvalue weighted by atomic mass is 16.2. The topological polar surface area (TPSA) is 88.1 Å². The summed E-state index contributed by atoms with van der Waals surface area (Å²) in [4.78, 5) is 24.0. The van der Waals surface area contributed by atoms with Gasteiger partial charge in [0.25, 0.3) is 5.91 Å². The van der Waals surface area contributed by atoms with Crippen LogP contribution in [-0.2, 0) is 6.54 Å². The van der Waals surface area contributed by atoms with Crippen molar-refractivity contribution in [3.63, 3.8) is 0 Å². The molecule has 0 saturated heterocycles. The number of hydrogen-bond acceptors (Lipinski definition) is 3. The van der Waals surface area contributed by atoms with E-state index in [4.69, 9.17) is 0 Å². The molecule has 1 rings (SSSR count). The molecular weight excluding hydrogens is 282 g/mol. The zero-order valence-electron chi connectivity index (χ0n) is 13.9. The number of anilines is 1. The maximum atomic E-state index is 12.2. The van der Waals surface area contributed by atoms with Crippen molar-refractivity contribution < 1.29 is 9.59 Å². The zero-order valence-corrected chi connectivity index (χ0v) is 13.9. The highest BCUT2D eigenvalue weighted by molar-refractivity contribution is 6.01. The van der Waals surface area contributed by atoms with E-state index < -0.39 is 0 Å². The van der Waals surface area contributed by atoms with Crippen LogP contribution in [0.1, 0.15) is 51.0 Å². The van der Waals surface area contributed by atoms with Crippen LogP contribution in [-0.4, -0.2) is 34.8 Å². The first-order valence-electron chi connectivity index (χ1n) is 7.88. The van der Waals surface area contributed by atoms with Crippen LogP contribution in [0.15, 0.2) is 6.20 Å². The summed E-state index contributed by atoms with van der Waals surface area (Å²) >= 11 is 0. The van der Waals surface area contributed by atoms with Crippen molar-refractivity contribution in [1.82, 2.24) is 20.4 Å². The van der Waals surface area contributed by atoms with Crippen molar-refractivity contribution in [1.29, 1.82) is 0 Å². The molecular formula is C15H27N5O2. The van der Waals surface area contributed by atoms with Crippen molar-refractivity contribution in [3.8, 4) is 0 Å². The summed E-state index contributed by atoms with van der Waals surface area (Å²) in [6.45, 7) is 9.83. The number of nitrogens with zero attached hydrogens (tertiary/aromatic N) is 2. The second-order valence-electron chi connectivity index (χ2n) is 5.59. The molecule has 124 valence electrons. The Morgan fingerprint density at radius 3 is 2.59 bits per heavy atom. The third kappa shape index (κ3) is 5.75. The number of hydrogen-bond donors (Lipinski definition) is 3. The molecule has 0 aliphatic carbocycles. The Kier molecular flexibility index (Phi) is 7.42. The Labute approximate surface area is 131 Å². The zero-order chi connectivity index (χ0) is 16.5. The van der Waals surface area contributed by atoms with Gasteiger partial charge in [-0.2, -0.15) is 5.10 Å². The van der Waals surface area contributed by atoms with E-state index in [9.17, 15) is 9.59 Å². The molecule has 0 saturated carbocycles. The largest absolute Gasteiger partial charge is 0.350 e. The lowest BCUT2D eigenvalue weighted by atomic mass is 10.2. The molecule has 0 aliphatic rings. The minimum Gasteiger partial charge on any atom is -0.350 e. The Morgan fingerprint density at radius 1 is 1.27 bits per heavy atom. The summed E-state index contributed by atoms with van der Waals surface area (Å²) in [5.41, 5.74) is 0.672. The van der Waals surface area contributed by atoms with Crippen LogP contribution >= 0.6 is 0 Å². The fraction of sp³-hybridized carbons (Fsp3) is 0.667. The quantitative estimate of drug-likeness (QED) is 0.643. The van der Waals surface area contributed by atoms with Gasteiger partial charge in [0.2, 0.25) is 0 Å². The van der Waals surface area contributed by atoms with Crippen molar-refractivity contribution in [2.75, 3.05) is 18.4 Å². The Morgan fingerprint density at radius 2 is 2.00 bits per heavy atom. The summed E-state index contributed by atoms with van der Waals surface area (Å²) in [6, 6.07) is -0.318. The van der Waals surface area contributed by atoms with Crippen molar-refractivity contribution in [2.24, 2.45) is 5.92 Å². The average Bonchev–Trinajstić information content (AvgIpc) is 2.88. The fourth-order valence-electron chi connectivity index (χ4n) is 1.77. The van der Waals surface area contributed by atoms with Crippen LogP contribution in [0.3, 0.4) is 0 Å². The molecule has 1 aromatic rings. The molecule has 3 amide bonds. The molecule has 0 spiro atoms. The summed E-state index contributed by atoms with van der Waals surface area (Å²) in [5, 5.41) is 12.5. The first kappa shape index (κ1) is 18.0. The molecule has 7 nitrogen and oxygen atoms in total. The lowest BCUT2D eigenvalue weighted by molar-refractivity contribution is 0.0944. The molecule has 0 aliphatic heterocycles. The number of amides is 3. The second kappa shape index (κ2) is 9.07. The molecule has 3 N–H and O–H groups in total. The molecule has 0 bridgehead atoms. The molecule has 0 fully saturated rings. The molecule has 0 atom stereocenters. The van der Waals surface area contributed by atoms with Gasteiger partial charge in [-0.05, 0) is 19.3 Å². The molecule has 0 radical (unpaired) electrons. The minimum atomic E-state index is -0.318. The van der Waals surface area contributed by atoms with Crippen LogP contribution in [0.4, 0.5) is 10.5 Å². The first-order valence-corrected chi connectivity index (χ1v) is 7.88. The fourth-order valence-corrected chi connectivity index (χ4v) is 1.77. The molecule has 1 heterocycles. The van der Waals surface area contributed by atoms with E-state index in [-0.39, 0.29) is 17.6 Å². The lowest BCUT2D eigenvalue weighted by Crippen LogP contribution is -2.32. The van der Waals surface area contributed by atoms with Gasteiger partial charge in [0.1, 0.15) is 0 Å². The number of carbonyl (C=O) groups excluding carboxylic acids is 2. The van der Waals surface area contributed by atoms with Gasteiger partial charge in [0, 0.05) is 25.8 Å². The highest BCUT2D eigenvalue weighted by Crippen LogP contribution is 2.14. The second-order valence-corrected chi connectivity index (χ2v) is 5.59. The van der Waals surface area contributed by atoms with Gasteiger partial charge in [-0.3, -0.25) is 9.48 Å². The van der Waals surface area contributed by atoms with Crippen LogP contribution in [0.5, 0.6) is 0 Å². The van der Waals surface area contributed by atoms with Gasteiger partial charge in [-0.15, -0.1) is 0 Å². The molecule has 1 aromatic heterocycles. The van der Waals surface area contributed by atoms with E-state index in [1.807, 2.05) is 20.8 Å². The van der Waals surface area contributed by atoms with Gasteiger partial charge in [-0.25, -0.2) is 4.79 Å². The van der Waals surface area contributed by atoms with Gasteiger partial charge in [0.15, 0.2) is 5.69 Å². The SMILES string of the molecule is CCCCNC(=O)Nc1cn(CC)nc1C(=O)NCC(C)C. The summed E-state index contributed by atoms with van der Waals surface area (Å²) in [5.74, 6) is 0.0794. The Bertz CT molecular complexity index is 496. The van der Waals surface area contributed by atoms with E-state index in [2.05, 4.69) is 28.0 Å². The average molecular weight is 309 g/mol. The number of rotatable bonds is 8. The predicted molar refractivity (Wildman–Crippen MR) is 87.0 cm³/mol. The maximum Gasteiger partial charge on any atom is 0.319 e. The number of unbranched alkanes of at least 4 members (excludes halogenated alkanes) is 1. The normalized spacial score (nSPS) is 10.6. The summed E-state index contributed by atoms with van der Waals surface area (Å²) in [7, 11) is 0. The Hall–Kier alpha value is -2.05. The van der Waals surface area contributed by atoms with Gasteiger partial charge < -0.3 is 16.0 Å². The molecule has 0 unspecified atom stereocenters. The smallest absolute Gasteiger partial charge is 0.319 e. The minimum absolute atomic E-state index is 0.244. The number of aryl methyl sites for hydroxylation is 1. The summed E-state index contributed by atoms with van der Waals surface area (Å²) < 4.78 is 1.63. The number of carbonyl (C=O) groups is 2. The predicted octanol–water partition coefficient (Wildman–Crippen LogP) is 2.21. The summed E-state index contributed by atoms with van der Waals surface area (Å²) in [6.07, 6.45) is 3.60. The maximum absolute atomic E-state index is 12.2. The van der Waals surface area contributed by atoms with Crippen LogP contribution in [0.25, 0.3) is 0 Å². The van der Waals surface area contributed by atoms with Crippen LogP contribution < -0.4 is 16.0 Å². The third-order valence-electron chi connectivity index (χ3n) is 3.04. The number of aromatic nitrogens is 2. The Balaban J connectivity index is 2.74. The first-order chi connectivity index (χ1) is 10.5. The monoisotopic (exact) mass is 309 g/mol. The highest BCUT2D eigenvalue weighted by Gasteiger charge is 2.18. The van der Waals surface area contributed by atoms with E-state index in [1.54, 1.807) is 10.9 Å². The van der Waals surface area contributed by atoms with Gasteiger partial charge >= 0.3 is 6.03 Å². The standard InChI is InChI=1S/C15H27N5O2/c1-5-7-8-16-15(22)18-12-10-20(6-2)19-13(12)14(21)17-9-11(3)4/h10-11H,5-9H2,1-4H3,(H,17,21)(H2,16,18,22). The van der Waals surface area contributed by atoms with E-state index in [0.717, 1.165) is 12.8 Å². The van der Waals surface area contributed by atoms with Crippen molar-refractivity contribution >= 4 is 17.6 Å². The van der Waals surface area contributed by atoms with Crippen LogP contribution in [0.2, 0.25) is 0 Å². The lowest BCUT2D eigenvalue weighted by Gasteiger charge is -2.08. The van der Waals surface area contributed by atoms with Crippen molar-refractivity contribution in [2.45, 2.75) is 47.1 Å². The third-order valence-corrected chi connectivity index (χ3v) is 3.04. The van der Waals surface area contributed by atoms with E-state index >= 15 is 0 Å². The van der Waals surface area contributed by atoms with Crippen molar-refractivity contribution in [3.05, 3.63) is 11.9 Å². The van der Waals surface area contributed by atoms with Crippen LogP contribution in [0, 0.1) is 5.92 Å². The number of nitrogens with one attached hydrogen (secondary N) is 3. The molecule has 7 heteroatoms. The van der Waals surface area contributed by atoms with E-state index in [0.29, 0.717) is 31.2 Å². The van der Waals surface area contributed by atoms with E-state index in [1.165, 1.54) is 0 Å². The number of urea groups is 1. The van der Waals surface area contributed by atoms with Gasteiger partial charge in [0.05, 0.1) is 5.69 Å². The molecule has 0 aromatic carbocycles. The van der Waals surface area contributed by atoms with Gasteiger partial charge in [-0.1, -0.05) is 27.2 Å².